The van der Waals surface area contributed by atoms with E-state index in [1.165, 1.54) is 18.2 Å². The second-order valence-corrected chi connectivity index (χ2v) is 6.73. The van der Waals surface area contributed by atoms with E-state index in [9.17, 15) is 19.1 Å². The number of carbonyl (C=O) groups excluding carboxylic acids is 2. The fourth-order valence-corrected chi connectivity index (χ4v) is 2.96. The van der Waals surface area contributed by atoms with E-state index in [0.717, 1.165) is 10.5 Å². The fraction of sp³-hybridized carbons (Fsp3) is 0.300. The number of aryl methyl sites for hydroxylation is 1. The first-order valence-electron chi connectivity index (χ1n) is 8.58. The van der Waals surface area contributed by atoms with Crippen molar-refractivity contribution in [1.29, 1.82) is 0 Å². The van der Waals surface area contributed by atoms with E-state index in [0.29, 0.717) is 5.56 Å². The van der Waals surface area contributed by atoms with Gasteiger partial charge in [0.15, 0.2) is 11.6 Å². The number of carbonyl (C=O) groups is 2. The average Bonchev–Trinajstić information content (AvgIpc) is 2.85. The molecule has 2 aromatic carbocycles. The summed E-state index contributed by atoms with van der Waals surface area (Å²) in [7, 11) is 0. The van der Waals surface area contributed by atoms with E-state index >= 15 is 0 Å². The highest BCUT2D eigenvalue weighted by Gasteiger charge is 2.49. The van der Waals surface area contributed by atoms with Crippen LogP contribution in [0.5, 0.6) is 5.75 Å². The standard InChI is InChI=1S/C20H21FN2O4/c1-13-7-9-14(10-8-13)20(2)18(25)23(19(26)22-20)11-15(24)12-27-17-6-4-3-5-16(17)21/h3-10,15,24H,11-12H2,1-2H3,(H,22,26). The number of aliphatic hydroxyl groups excluding tert-OH is 1. The van der Waals surface area contributed by atoms with Crippen LogP contribution in [-0.2, 0) is 10.3 Å². The molecule has 0 aromatic heterocycles. The van der Waals surface area contributed by atoms with Crippen molar-refractivity contribution < 1.29 is 23.8 Å². The molecule has 2 unspecified atom stereocenters. The number of amides is 3. The number of benzene rings is 2. The molecule has 3 rings (SSSR count). The molecule has 1 fully saturated rings. The van der Waals surface area contributed by atoms with Gasteiger partial charge in [0.2, 0.25) is 0 Å². The van der Waals surface area contributed by atoms with Crippen molar-refractivity contribution in [3.8, 4) is 5.75 Å². The molecule has 1 saturated heterocycles. The smallest absolute Gasteiger partial charge is 0.325 e. The molecular weight excluding hydrogens is 351 g/mol. The predicted molar refractivity (Wildman–Crippen MR) is 96.7 cm³/mol. The van der Waals surface area contributed by atoms with Crippen LogP contribution >= 0.6 is 0 Å². The van der Waals surface area contributed by atoms with Crippen LogP contribution in [-0.4, -0.2) is 41.2 Å². The maximum Gasteiger partial charge on any atom is 0.325 e. The molecule has 6 nitrogen and oxygen atoms in total. The lowest BCUT2D eigenvalue weighted by molar-refractivity contribution is -0.132. The molecule has 2 N–H and O–H groups in total. The summed E-state index contributed by atoms with van der Waals surface area (Å²) in [5.74, 6) is -1.01. The van der Waals surface area contributed by atoms with Crippen molar-refractivity contribution in [3.05, 3.63) is 65.5 Å². The summed E-state index contributed by atoms with van der Waals surface area (Å²) in [4.78, 5) is 26.1. The second-order valence-electron chi connectivity index (χ2n) is 6.73. The minimum Gasteiger partial charge on any atom is -0.488 e. The van der Waals surface area contributed by atoms with Crippen LogP contribution in [0.1, 0.15) is 18.1 Å². The van der Waals surface area contributed by atoms with Crippen molar-refractivity contribution in [2.75, 3.05) is 13.2 Å². The lowest BCUT2D eigenvalue weighted by Crippen LogP contribution is -2.42. The zero-order valence-electron chi connectivity index (χ0n) is 15.1. The van der Waals surface area contributed by atoms with E-state index < -0.39 is 29.4 Å². The van der Waals surface area contributed by atoms with Gasteiger partial charge in [-0.05, 0) is 31.5 Å². The van der Waals surface area contributed by atoms with Crippen LogP contribution in [0.4, 0.5) is 9.18 Å². The van der Waals surface area contributed by atoms with Crippen LogP contribution in [0, 0.1) is 12.7 Å². The van der Waals surface area contributed by atoms with Gasteiger partial charge < -0.3 is 15.2 Å². The first-order valence-corrected chi connectivity index (χ1v) is 8.58. The number of urea groups is 1. The van der Waals surface area contributed by atoms with Crippen LogP contribution in [0.2, 0.25) is 0 Å². The molecule has 0 saturated carbocycles. The fourth-order valence-electron chi connectivity index (χ4n) is 2.96. The van der Waals surface area contributed by atoms with Gasteiger partial charge in [0.1, 0.15) is 18.2 Å². The summed E-state index contributed by atoms with van der Waals surface area (Å²) in [6.07, 6.45) is -1.15. The van der Waals surface area contributed by atoms with Gasteiger partial charge in [-0.2, -0.15) is 0 Å². The van der Waals surface area contributed by atoms with E-state index in [-0.39, 0.29) is 18.9 Å². The number of nitrogens with zero attached hydrogens (tertiary/aromatic N) is 1. The molecule has 0 spiro atoms. The molecule has 27 heavy (non-hydrogen) atoms. The normalized spacial score (nSPS) is 20.5. The zero-order valence-corrected chi connectivity index (χ0v) is 15.1. The third-order valence-electron chi connectivity index (χ3n) is 4.57. The first-order chi connectivity index (χ1) is 12.8. The number of halogens is 1. The molecule has 2 atom stereocenters. The number of imide groups is 1. The highest BCUT2D eigenvalue weighted by molar-refractivity contribution is 6.07. The SMILES string of the molecule is Cc1ccc(C2(C)NC(=O)N(CC(O)COc3ccccc3F)C2=O)cc1. The Balaban J connectivity index is 1.66. The monoisotopic (exact) mass is 372 g/mol. The first kappa shape index (κ1) is 18.8. The van der Waals surface area contributed by atoms with Crippen LogP contribution in [0.3, 0.4) is 0 Å². The molecule has 7 heteroatoms. The number of nitrogens with one attached hydrogen (secondary N) is 1. The number of aliphatic hydroxyl groups is 1. The number of β-amino-alcohol motifs (C(OH)–C–C–N with tert-alkyl or cyclic N) is 1. The number of hydrogen-bond acceptors (Lipinski definition) is 4. The molecule has 0 aliphatic carbocycles. The molecule has 1 heterocycles. The molecule has 3 amide bonds. The van der Waals surface area contributed by atoms with Crippen molar-refractivity contribution in [1.82, 2.24) is 10.2 Å². The Morgan fingerprint density at radius 1 is 1.19 bits per heavy atom. The summed E-state index contributed by atoms with van der Waals surface area (Å²) < 4.78 is 18.8. The molecule has 1 aliphatic rings. The number of rotatable bonds is 6. The Morgan fingerprint density at radius 3 is 2.52 bits per heavy atom. The number of hydrogen-bond donors (Lipinski definition) is 2. The van der Waals surface area contributed by atoms with E-state index in [1.54, 1.807) is 25.1 Å². The average molecular weight is 372 g/mol. The highest BCUT2D eigenvalue weighted by Crippen LogP contribution is 2.29. The van der Waals surface area contributed by atoms with Gasteiger partial charge in [0.05, 0.1) is 6.54 Å². The van der Waals surface area contributed by atoms with Gasteiger partial charge in [-0.15, -0.1) is 0 Å². The summed E-state index contributed by atoms with van der Waals surface area (Å²) in [5.41, 5.74) is 0.499. The zero-order chi connectivity index (χ0) is 19.6. The van der Waals surface area contributed by atoms with E-state index in [4.69, 9.17) is 4.74 Å². The van der Waals surface area contributed by atoms with Crippen molar-refractivity contribution in [2.45, 2.75) is 25.5 Å². The van der Waals surface area contributed by atoms with Crippen LogP contribution in [0.15, 0.2) is 48.5 Å². The lowest BCUT2D eigenvalue weighted by atomic mass is 9.91. The summed E-state index contributed by atoms with van der Waals surface area (Å²) in [6.45, 7) is 3.05. The van der Waals surface area contributed by atoms with Gasteiger partial charge >= 0.3 is 6.03 Å². The number of para-hydroxylation sites is 1. The molecule has 2 aromatic rings. The second kappa shape index (κ2) is 7.36. The van der Waals surface area contributed by atoms with Gasteiger partial charge in [-0.3, -0.25) is 9.69 Å². The quantitative estimate of drug-likeness (QED) is 0.763. The molecule has 0 bridgehead atoms. The predicted octanol–water partition coefficient (Wildman–Crippen LogP) is 2.34. The van der Waals surface area contributed by atoms with E-state index in [2.05, 4.69) is 5.32 Å². The topological polar surface area (TPSA) is 78.9 Å². The minimum absolute atomic E-state index is 0.00163. The van der Waals surface area contributed by atoms with Crippen molar-refractivity contribution in [3.63, 3.8) is 0 Å². The maximum absolute atomic E-state index is 13.6. The lowest BCUT2D eigenvalue weighted by Gasteiger charge is -2.23. The van der Waals surface area contributed by atoms with Crippen molar-refractivity contribution in [2.24, 2.45) is 0 Å². The molecule has 142 valence electrons. The Kier molecular flexibility index (Phi) is 5.14. The number of ether oxygens (including phenoxy) is 1. The molecule has 1 aliphatic heterocycles. The highest BCUT2D eigenvalue weighted by atomic mass is 19.1. The third kappa shape index (κ3) is 3.78. The van der Waals surface area contributed by atoms with Gasteiger partial charge in [-0.25, -0.2) is 9.18 Å². The Labute approximate surface area is 156 Å². The van der Waals surface area contributed by atoms with Crippen molar-refractivity contribution >= 4 is 11.9 Å². The van der Waals surface area contributed by atoms with Crippen LogP contribution < -0.4 is 10.1 Å². The summed E-state index contributed by atoms with van der Waals surface area (Å²) >= 11 is 0. The Bertz CT molecular complexity index is 855. The van der Waals surface area contributed by atoms with E-state index in [1.807, 2.05) is 19.1 Å². The van der Waals surface area contributed by atoms with Gasteiger partial charge in [0.25, 0.3) is 5.91 Å². The van der Waals surface area contributed by atoms with Gasteiger partial charge in [-0.1, -0.05) is 42.0 Å². The summed E-state index contributed by atoms with van der Waals surface area (Å²) in [6, 6.07) is 12.5. The third-order valence-corrected chi connectivity index (χ3v) is 4.57. The molecular formula is C20H21FN2O4. The van der Waals surface area contributed by atoms with Gasteiger partial charge in [0, 0.05) is 0 Å². The molecule has 0 radical (unpaired) electrons. The maximum atomic E-state index is 13.6. The Hall–Kier alpha value is -2.93. The summed E-state index contributed by atoms with van der Waals surface area (Å²) in [5, 5.41) is 12.8. The minimum atomic E-state index is -1.20. The van der Waals surface area contributed by atoms with Crippen LogP contribution in [0.25, 0.3) is 0 Å². The Morgan fingerprint density at radius 2 is 1.85 bits per heavy atom. The largest absolute Gasteiger partial charge is 0.488 e.